The SMILES string of the molecule is O=C(NCC#Cc1cn(C2CC(O)C(CO)O2)c2c1CC(N(O)O)C=C2)C(F)(F)F. The van der Waals surface area contributed by atoms with Gasteiger partial charge in [-0.2, -0.15) is 13.2 Å². The van der Waals surface area contributed by atoms with Gasteiger partial charge in [0.2, 0.25) is 0 Å². The highest BCUT2D eigenvalue weighted by Crippen LogP contribution is 2.35. The minimum Gasteiger partial charge on any atom is -0.394 e. The van der Waals surface area contributed by atoms with Crippen molar-refractivity contribution >= 4 is 12.0 Å². The van der Waals surface area contributed by atoms with Crippen LogP contribution in [0.5, 0.6) is 0 Å². The predicted octanol–water partition coefficient (Wildman–Crippen LogP) is 0.177. The summed E-state index contributed by atoms with van der Waals surface area (Å²) in [6, 6.07) is -0.765. The molecule has 2 aliphatic rings. The number of hydrogen-bond donors (Lipinski definition) is 5. The Labute approximate surface area is 168 Å². The smallest absolute Gasteiger partial charge is 0.394 e. The van der Waals surface area contributed by atoms with Crippen LogP contribution in [0.2, 0.25) is 0 Å². The molecule has 1 fully saturated rings. The zero-order valence-electron chi connectivity index (χ0n) is 15.5. The molecule has 4 atom stereocenters. The number of hydrogen-bond acceptors (Lipinski definition) is 7. The van der Waals surface area contributed by atoms with Crippen molar-refractivity contribution in [3.05, 3.63) is 29.1 Å². The van der Waals surface area contributed by atoms with Crippen LogP contribution in [0.25, 0.3) is 6.08 Å². The van der Waals surface area contributed by atoms with Crippen molar-refractivity contribution in [2.75, 3.05) is 13.2 Å². The molecule has 0 bridgehead atoms. The number of hydroxylamine groups is 2. The second kappa shape index (κ2) is 8.76. The van der Waals surface area contributed by atoms with E-state index in [1.165, 1.54) is 6.08 Å². The molecule has 0 aromatic carbocycles. The van der Waals surface area contributed by atoms with Gasteiger partial charge in [0.25, 0.3) is 0 Å². The third kappa shape index (κ3) is 4.67. The van der Waals surface area contributed by atoms with Gasteiger partial charge in [0.15, 0.2) is 0 Å². The zero-order chi connectivity index (χ0) is 22.1. The minimum atomic E-state index is -5.00. The number of alkyl halides is 3. The number of nitrogens with zero attached hydrogens (tertiary/aromatic N) is 2. The quantitative estimate of drug-likeness (QED) is 0.340. The zero-order valence-corrected chi connectivity index (χ0v) is 15.5. The molecule has 4 unspecified atom stereocenters. The first-order chi connectivity index (χ1) is 14.1. The van der Waals surface area contributed by atoms with E-state index in [4.69, 9.17) is 4.74 Å². The van der Waals surface area contributed by atoms with Gasteiger partial charge in [-0.3, -0.25) is 15.2 Å². The summed E-state index contributed by atoms with van der Waals surface area (Å²) in [5.74, 6) is 3.03. The maximum Gasteiger partial charge on any atom is 0.471 e. The van der Waals surface area contributed by atoms with Crippen LogP contribution < -0.4 is 5.32 Å². The first-order valence-corrected chi connectivity index (χ1v) is 8.99. The molecule has 1 aliphatic carbocycles. The maximum atomic E-state index is 12.2. The summed E-state index contributed by atoms with van der Waals surface area (Å²) in [4.78, 5) is 10.9. The first kappa shape index (κ1) is 22.3. The Morgan fingerprint density at radius 2 is 2.13 bits per heavy atom. The number of halogens is 3. The Bertz CT molecular complexity index is 886. The van der Waals surface area contributed by atoms with Crippen molar-refractivity contribution in [2.45, 2.75) is 43.5 Å². The lowest BCUT2D eigenvalue weighted by atomic mass is 9.97. The normalized spacial score (nSPS) is 25.7. The van der Waals surface area contributed by atoms with Crippen molar-refractivity contribution in [1.82, 2.24) is 15.1 Å². The van der Waals surface area contributed by atoms with Crippen LogP contribution in [0.1, 0.15) is 29.5 Å². The van der Waals surface area contributed by atoms with Crippen LogP contribution in [-0.4, -0.2) is 73.9 Å². The molecule has 12 heteroatoms. The predicted molar refractivity (Wildman–Crippen MR) is 93.9 cm³/mol. The molecule has 1 amide bonds. The topological polar surface area (TPSA) is 127 Å². The lowest BCUT2D eigenvalue weighted by molar-refractivity contribution is -0.322. The van der Waals surface area contributed by atoms with Crippen molar-refractivity contribution in [2.24, 2.45) is 0 Å². The van der Waals surface area contributed by atoms with Crippen molar-refractivity contribution in [3.63, 3.8) is 0 Å². The van der Waals surface area contributed by atoms with E-state index in [2.05, 4.69) is 11.8 Å². The van der Waals surface area contributed by atoms with Crippen LogP contribution >= 0.6 is 0 Å². The minimum absolute atomic E-state index is 0.0369. The van der Waals surface area contributed by atoms with E-state index in [0.29, 0.717) is 16.8 Å². The van der Waals surface area contributed by atoms with Gasteiger partial charge in [-0.25, -0.2) is 0 Å². The average molecular weight is 431 g/mol. The molecule has 3 rings (SSSR count). The van der Waals surface area contributed by atoms with Gasteiger partial charge in [0, 0.05) is 23.9 Å². The molecule has 1 saturated heterocycles. The standard InChI is InChI=1S/C18H20F3N3O6/c19-18(20,21)17(27)22-5-1-2-10-8-23(16-7-14(26)15(9-25)30-16)13-4-3-11(24(28)29)6-12(10)13/h3-4,8,11,14-16,25-26,28-29H,5-7,9H2,(H,22,27). The molecular weight excluding hydrogens is 411 g/mol. The van der Waals surface area contributed by atoms with E-state index < -0.39 is 43.1 Å². The molecule has 2 heterocycles. The third-order valence-electron chi connectivity index (χ3n) is 4.88. The molecule has 0 spiro atoms. The van der Waals surface area contributed by atoms with Gasteiger partial charge >= 0.3 is 12.1 Å². The van der Waals surface area contributed by atoms with E-state index in [1.807, 2.05) is 0 Å². The number of aliphatic hydroxyl groups excluding tert-OH is 2. The number of rotatable bonds is 4. The molecule has 0 radical (unpaired) electrons. The lowest BCUT2D eigenvalue weighted by Crippen LogP contribution is -2.36. The third-order valence-corrected chi connectivity index (χ3v) is 4.88. The number of carbonyl (C=O) groups excluding carboxylic acids is 1. The number of fused-ring (bicyclic) bond motifs is 1. The Kier molecular flexibility index (Phi) is 6.51. The fourth-order valence-electron chi connectivity index (χ4n) is 3.38. The molecule has 164 valence electrons. The summed E-state index contributed by atoms with van der Waals surface area (Å²) in [7, 11) is 0. The Balaban J connectivity index is 1.85. The highest BCUT2D eigenvalue weighted by Gasteiger charge is 2.38. The van der Waals surface area contributed by atoms with E-state index in [-0.39, 0.29) is 24.7 Å². The molecule has 9 nitrogen and oxygen atoms in total. The van der Waals surface area contributed by atoms with Crippen molar-refractivity contribution in [3.8, 4) is 11.8 Å². The highest BCUT2D eigenvalue weighted by molar-refractivity contribution is 5.81. The Morgan fingerprint density at radius 1 is 1.40 bits per heavy atom. The number of carbonyl (C=O) groups is 1. The van der Waals surface area contributed by atoms with Crippen molar-refractivity contribution in [1.29, 1.82) is 0 Å². The number of amides is 1. The summed E-state index contributed by atoms with van der Waals surface area (Å²) in [6.45, 7) is -0.899. The summed E-state index contributed by atoms with van der Waals surface area (Å²) in [5, 5.41) is 39.6. The van der Waals surface area contributed by atoms with E-state index in [0.717, 1.165) is 0 Å². The summed E-state index contributed by atoms with van der Waals surface area (Å²) < 4.78 is 44.0. The fraction of sp³-hybridized carbons (Fsp3) is 0.500. The number of aliphatic hydroxyl groups is 2. The molecular formula is C18H20F3N3O6. The van der Waals surface area contributed by atoms with Crippen LogP contribution in [-0.2, 0) is 16.0 Å². The van der Waals surface area contributed by atoms with Gasteiger partial charge in [-0.1, -0.05) is 23.1 Å². The number of aromatic nitrogens is 1. The van der Waals surface area contributed by atoms with E-state index in [1.54, 1.807) is 22.2 Å². The molecule has 1 aromatic rings. The molecule has 30 heavy (non-hydrogen) atoms. The lowest BCUT2D eigenvalue weighted by Gasteiger charge is -2.23. The fourth-order valence-corrected chi connectivity index (χ4v) is 3.38. The number of ether oxygens (including phenoxy) is 1. The van der Waals surface area contributed by atoms with Crippen molar-refractivity contribution < 1.29 is 43.3 Å². The second-order valence-corrected chi connectivity index (χ2v) is 6.86. The molecule has 5 N–H and O–H groups in total. The van der Waals surface area contributed by atoms with Crippen LogP contribution in [0.15, 0.2) is 12.3 Å². The maximum absolute atomic E-state index is 12.2. The highest BCUT2D eigenvalue weighted by atomic mass is 19.4. The monoisotopic (exact) mass is 431 g/mol. The van der Waals surface area contributed by atoms with Crippen LogP contribution in [0, 0.1) is 11.8 Å². The van der Waals surface area contributed by atoms with Gasteiger partial charge < -0.3 is 24.8 Å². The summed E-state index contributed by atoms with van der Waals surface area (Å²) >= 11 is 0. The molecule has 1 aliphatic heterocycles. The van der Waals surface area contributed by atoms with Crippen LogP contribution in [0.4, 0.5) is 13.2 Å². The molecule has 0 saturated carbocycles. The van der Waals surface area contributed by atoms with E-state index >= 15 is 0 Å². The Hall–Kier alpha value is -2.40. The van der Waals surface area contributed by atoms with E-state index in [9.17, 15) is 38.6 Å². The number of nitrogens with one attached hydrogen (secondary N) is 1. The largest absolute Gasteiger partial charge is 0.471 e. The summed E-state index contributed by atoms with van der Waals surface area (Å²) in [6.07, 6.45) is -2.19. The van der Waals surface area contributed by atoms with Gasteiger partial charge in [0.1, 0.15) is 12.3 Å². The first-order valence-electron chi connectivity index (χ1n) is 8.99. The van der Waals surface area contributed by atoms with Gasteiger partial charge in [-0.15, -0.1) is 0 Å². The average Bonchev–Trinajstić information content (AvgIpc) is 3.23. The summed E-state index contributed by atoms with van der Waals surface area (Å²) in [5.41, 5.74) is 1.61. The molecule has 1 aromatic heterocycles. The Morgan fingerprint density at radius 3 is 2.73 bits per heavy atom. The van der Waals surface area contributed by atoms with Crippen LogP contribution in [0.3, 0.4) is 0 Å². The second-order valence-electron chi connectivity index (χ2n) is 6.86. The van der Waals surface area contributed by atoms with Gasteiger partial charge in [0.05, 0.1) is 25.3 Å². The van der Waals surface area contributed by atoms with Gasteiger partial charge in [-0.05, 0) is 18.1 Å².